The van der Waals surface area contributed by atoms with Gasteiger partial charge in [-0.25, -0.2) is 4.68 Å². The van der Waals surface area contributed by atoms with Crippen LogP contribution in [0, 0.1) is 0 Å². The number of primary amides is 1. The summed E-state index contributed by atoms with van der Waals surface area (Å²) in [6.45, 7) is 0.0309. The van der Waals surface area contributed by atoms with Crippen LogP contribution in [-0.4, -0.2) is 28.0 Å². The molecule has 0 aliphatic carbocycles. The van der Waals surface area contributed by atoms with Crippen LogP contribution in [0.1, 0.15) is 0 Å². The molecular formula is C11H12N4O2. The molecule has 2 N–H and O–H groups in total. The normalized spacial score (nSPS) is 10.2. The first-order valence-electron chi connectivity index (χ1n) is 5.02. The van der Waals surface area contributed by atoms with Crippen molar-refractivity contribution in [2.75, 3.05) is 7.11 Å². The molecule has 0 fully saturated rings. The number of benzene rings is 1. The molecule has 2 rings (SSSR count). The van der Waals surface area contributed by atoms with Crippen LogP contribution in [0.5, 0.6) is 5.75 Å². The third kappa shape index (κ3) is 2.60. The zero-order valence-electron chi connectivity index (χ0n) is 9.33. The van der Waals surface area contributed by atoms with E-state index in [-0.39, 0.29) is 6.54 Å². The molecule has 0 aliphatic heterocycles. The van der Waals surface area contributed by atoms with Crippen molar-refractivity contribution < 1.29 is 9.53 Å². The van der Waals surface area contributed by atoms with E-state index in [1.807, 2.05) is 24.3 Å². The first-order chi connectivity index (χ1) is 8.19. The van der Waals surface area contributed by atoms with Gasteiger partial charge < -0.3 is 10.5 Å². The number of hydrogen-bond donors (Lipinski definition) is 1. The van der Waals surface area contributed by atoms with Crippen molar-refractivity contribution in [1.82, 2.24) is 15.0 Å². The lowest BCUT2D eigenvalue weighted by molar-refractivity contribution is -0.118. The third-order valence-electron chi connectivity index (χ3n) is 2.24. The summed E-state index contributed by atoms with van der Waals surface area (Å²) >= 11 is 0. The van der Waals surface area contributed by atoms with Crippen LogP contribution < -0.4 is 10.5 Å². The number of nitrogens with zero attached hydrogens (tertiary/aromatic N) is 3. The number of nitrogens with two attached hydrogens (primary N) is 1. The summed E-state index contributed by atoms with van der Waals surface area (Å²) in [5.41, 5.74) is 6.66. The zero-order valence-corrected chi connectivity index (χ0v) is 9.33. The molecule has 0 saturated heterocycles. The highest BCUT2D eigenvalue weighted by Gasteiger charge is 2.05. The van der Waals surface area contributed by atoms with Crippen molar-refractivity contribution in [2.45, 2.75) is 6.54 Å². The number of carbonyl (C=O) groups is 1. The fourth-order valence-corrected chi connectivity index (χ4v) is 1.43. The lowest BCUT2D eigenvalue weighted by atomic mass is 10.2. The third-order valence-corrected chi connectivity index (χ3v) is 2.24. The molecule has 0 saturated carbocycles. The lowest BCUT2D eigenvalue weighted by Crippen LogP contribution is -2.18. The minimum atomic E-state index is -0.448. The molecule has 6 heteroatoms. The van der Waals surface area contributed by atoms with Crippen LogP contribution in [0.3, 0.4) is 0 Å². The van der Waals surface area contributed by atoms with Gasteiger partial charge in [0.25, 0.3) is 0 Å². The van der Waals surface area contributed by atoms with Crippen LogP contribution in [0.15, 0.2) is 30.5 Å². The number of ether oxygens (including phenoxy) is 1. The number of aromatic nitrogens is 3. The van der Waals surface area contributed by atoms with Crippen LogP contribution in [0.4, 0.5) is 0 Å². The minimum absolute atomic E-state index is 0.0309. The van der Waals surface area contributed by atoms with Crippen molar-refractivity contribution in [3.63, 3.8) is 0 Å². The quantitative estimate of drug-likeness (QED) is 0.829. The molecule has 2 aromatic rings. The summed E-state index contributed by atoms with van der Waals surface area (Å²) in [6, 6.07) is 7.42. The molecule has 0 aliphatic rings. The van der Waals surface area contributed by atoms with E-state index in [0.29, 0.717) is 5.69 Å². The molecular weight excluding hydrogens is 220 g/mol. The van der Waals surface area contributed by atoms with Gasteiger partial charge in [0, 0.05) is 5.56 Å². The highest BCUT2D eigenvalue weighted by molar-refractivity contribution is 5.73. The average Bonchev–Trinajstić information content (AvgIpc) is 2.77. The Bertz CT molecular complexity index is 519. The summed E-state index contributed by atoms with van der Waals surface area (Å²) in [6.07, 6.45) is 1.67. The fourth-order valence-electron chi connectivity index (χ4n) is 1.43. The number of hydrogen-bond acceptors (Lipinski definition) is 4. The lowest BCUT2D eigenvalue weighted by Gasteiger charge is -1.99. The van der Waals surface area contributed by atoms with Gasteiger partial charge in [-0.15, -0.1) is 5.10 Å². The van der Waals surface area contributed by atoms with Gasteiger partial charge in [-0.3, -0.25) is 4.79 Å². The second-order valence-corrected chi connectivity index (χ2v) is 3.50. The highest BCUT2D eigenvalue weighted by atomic mass is 16.5. The van der Waals surface area contributed by atoms with E-state index >= 15 is 0 Å². The van der Waals surface area contributed by atoms with Crippen molar-refractivity contribution in [3.8, 4) is 17.0 Å². The van der Waals surface area contributed by atoms with Crippen LogP contribution in [0.2, 0.25) is 0 Å². The first-order valence-corrected chi connectivity index (χ1v) is 5.02. The van der Waals surface area contributed by atoms with Crippen LogP contribution in [-0.2, 0) is 11.3 Å². The smallest absolute Gasteiger partial charge is 0.239 e. The predicted octanol–water partition coefficient (Wildman–Crippen LogP) is 0.439. The number of methoxy groups -OCH3 is 1. The van der Waals surface area contributed by atoms with Gasteiger partial charge in [-0.05, 0) is 24.3 Å². The standard InChI is InChI=1S/C11H12N4O2/c1-17-9-4-2-8(3-5-9)10-6-15(14-13-10)7-11(12)16/h2-6H,7H2,1H3,(H2,12,16). The van der Waals surface area contributed by atoms with Gasteiger partial charge in [0.2, 0.25) is 5.91 Å². The van der Waals surface area contributed by atoms with E-state index in [1.54, 1.807) is 13.3 Å². The SMILES string of the molecule is COc1ccc(-c2cn(CC(N)=O)nn2)cc1. The molecule has 1 heterocycles. The Morgan fingerprint density at radius 1 is 1.41 bits per heavy atom. The Balaban J connectivity index is 2.21. The maximum atomic E-state index is 10.7. The van der Waals surface area contributed by atoms with Gasteiger partial charge in [0.15, 0.2) is 0 Å². The molecule has 1 amide bonds. The molecule has 6 nitrogen and oxygen atoms in total. The predicted molar refractivity (Wildman–Crippen MR) is 61.2 cm³/mol. The molecule has 0 bridgehead atoms. The van der Waals surface area contributed by atoms with E-state index in [2.05, 4.69) is 10.3 Å². The molecule has 17 heavy (non-hydrogen) atoms. The molecule has 0 radical (unpaired) electrons. The maximum Gasteiger partial charge on any atom is 0.239 e. The van der Waals surface area contributed by atoms with Crippen molar-refractivity contribution in [3.05, 3.63) is 30.5 Å². The van der Waals surface area contributed by atoms with Crippen LogP contribution >= 0.6 is 0 Å². The fraction of sp³-hybridized carbons (Fsp3) is 0.182. The first kappa shape index (κ1) is 11.1. The van der Waals surface area contributed by atoms with Crippen molar-refractivity contribution >= 4 is 5.91 Å². The number of amides is 1. The van der Waals surface area contributed by atoms with Gasteiger partial charge in [-0.2, -0.15) is 0 Å². The summed E-state index contributed by atoms with van der Waals surface area (Å²) in [7, 11) is 1.61. The van der Waals surface area contributed by atoms with Gasteiger partial charge in [-0.1, -0.05) is 5.21 Å². The second kappa shape index (κ2) is 4.65. The van der Waals surface area contributed by atoms with Crippen molar-refractivity contribution in [2.24, 2.45) is 5.73 Å². The molecule has 88 valence electrons. The summed E-state index contributed by atoms with van der Waals surface area (Å²) in [4.78, 5) is 10.7. The Kier molecular flexibility index (Phi) is 3.04. The Morgan fingerprint density at radius 3 is 2.71 bits per heavy atom. The van der Waals surface area contributed by atoms with Gasteiger partial charge >= 0.3 is 0 Å². The molecule has 0 spiro atoms. The summed E-state index contributed by atoms with van der Waals surface area (Å²) in [5, 5.41) is 7.77. The Morgan fingerprint density at radius 2 is 2.12 bits per heavy atom. The van der Waals surface area contributed by atoms with E-state index in [1.165, 1.54) is 4.68 Å². The molecule has 0 unspecified atom stereocenters. The number of carbonyl (C=O) groups excluding carboxylic acids is 1. The second-order valence-electron chi connectivity index (χ2n) is 3.50. The molecule has 0 atom stereocenters. The van der Waals surface area contributed by atoms with E-state index in [9.17, 15) is 4.79 Å². The van der Waals surface area contributed by atoms with E-state index in [0.717, 1.165) is 11.3 Å². The van der Waals surface area contributed by atoms with Gasteiger partial charge in [0.1, 0.15) is 18.0 Å². The topological polar surface area (TPSA) is 83.0 Å². The van der Waals surface area contributed by atoms with E-state index in [4.69, 9.17) is 10.5 Å². The Labute approximate surface area is 98.0 Å². The summed E-state index contributed by atoms with van der Waals surface area (Å²) < 4.78 is 6.47. The maximum absolute atomic E-state index is 10.7. The monoisotopic (exact) mass is 232 g/mol. The zero-order chi connectivity index (χ0) is 12.3. The minimum Gasteiger partial charge on any atom is -0.497 e. The molecule has 1 aromatic carbocycles. The highest BCUT2D eigenvalue weighted by Crippen LogP contribution is 2.19. The average molecular weight is 232 g/mol. The van der Waals surface area contributed by atoms with E-state index < -0.39 is 5.91 Å². The largest absolute Gasteiger partial charge is 0.497 e. The molecule has 1 aromatic heterocycles. The number of rotatable bonds is 4. The van der Waals surface area contributed by atoms with Crippen LogP contribution in [0.25, 0.3) is 11.3 Å². The Hall–Kier alpha value is -2.37. The van der Waals surface area contributed by atoms with Crippen molar-refractivity contribution in [1.29, 1.82) is 0 Å². The van der Waals surface area contributed by atoms with Gasteiger partial charge in [0.05, 0.1) is 13.3 Å². The summed E-state index contributed by atoms with van der Waals surface area (Å²) in [5.74, 6) is 0.328.